The fraction of sp³-hybridized carbons (Fsp3) is 0.600. The van der Waals surface area contributed by atoms with E-state index in [1.165, 1.54) is 0 Å². The Kier molecular flexibility index (Phi) is 7.12. The summed E-state index contributed by atoms with van der Waals surface area (Å²) >= 11 is 12.2. The minimum atomic E-state index is -1.02. The van der Waals surface area contributed by atoms with Crippen molar-refractivity contribution in [3.05, 3.63) is 34.4 Å². The molecule has 0 radical (unpaired) electrons. The molecule has 0 atom stereocenters. The van der Waals surface area contributed by atoms with E-state index in [0.29, 0.717) is 42.4 Å². The monoisotopic (exact) mass is 305 g/mol. The second-order valence-corrected chi connectivity index (χ2v) is 5.77. The smallest absolute Gasteiger partial charge is 0.123 e. The first-order valence-electron chi connectivity index (χ1n) is 6.75. The summed E-state index contributed by atoms with van der Waals surface area (Å²) in [7, 11) is 0. The van der Waals surface area contributed by atoms with Gasteiger partial charge in [0.05, 0.1) is 0 Å². The van der Waals surface area contributed by atoms with E-state index in [9.17, 15) is 4.39 Å². The van der Waals surface area contributed by atoms with Crippen LogP contribution in [0, 0.1) is 0 Å². The van der Waals surface area contributed by atoms with Gasteiger partial charge in [-0.1, -0.05) is 54.8 Å². The van der Waals surface area contributed by atoms with Crippen molar-refractivity contribution in [2.75, 3.05) is 13.1 Å². The lowest BCUT2D eigenvalue weighted by Crippen LogP contribution is -2.34. The summed E-state index contributed by atoms with van der Waals surface area (Å²) in [5.41, 5.74) is -0.163. The van der Waals surface area contributed by atoms with Crippen LogP contribution in [-0.2, 0) is 0 Å². The summed E-state index contributed by atoms with van der Waals surface area (Å²) in [6, 6.07) is 0. The fourth-order valence-electron chi connectivity index (χ4n) is 2.36. The maximum absolute atomic E-state index is 14.1. The molecule has 1 aliphatic carbocycles. The predicted octanol–water partition coefficient (Wildman–Crippen LogP) is 5.07. The molecule has 0 aromatic rings. The normalized spacial score (nSPS) is 20.3. The van der Waals surface area contributed by atoms with E-state index in [0.717, 1.165) is 18.4 Å². The fourth-order valence-corrected chi connectivity index (χ4v) is 2.80. The lowest BCUT2D eigenvalue weighted by molar-refractivity contribution is 0.169. The highest BCUT2D eigenvalue weighted by Crippen LogP contribution is 2.32. The predicted molar refractivity (Wildman–Crippen MR) is 82.5 cm³/mol. The van der Waals surface area contributed by atoms with Crippen molar-refractivity contribution >= 4 is 23.2 Å². The van der Waals surface area contributed by atoms with E-state index in [2.05, 4.69) is 11.9 Å². The molecule has 0 bridgehead atoms. The maximum atomic E-state index is 14.1. The topological polar surface area (TPSA) is 12.0 Å². The molecule has 1 N–H and O–H groups in total. The molecule has 0 saturated heterocycles. The number of nitrogens with one attached hydrogen (secondary N) is 1. The number of hydrogen-bond donors (Lipinski definition) is 1. The molecule has 1 aliphatic rings. The SMILES string of the molecule is C=C/C(Cl)=C(CCNCC1(F)CCCC1)\C(Cl)=C/C. The van der Waals surface area contributed by atoms with Gasteiger partial charge < -0.3 is 5.32 Å². The lowest BCUT2D eigenvalue weighted by Gasteiger charge is -2.19. The molecule has 4 heteroatoms. The largest absolute Gasteiger partial charge is 0.313 e. The summed E-state index contributed by atoms with van der Waals surface area (Å²) < 4.78 is 14.1. The molecule has 0 unspecified atom stereocenters. The van der Waals surface area contributed by atoms with Crippen LogP contribution in [0.1, 0.15) is 39.0 Å². The average molecular weight is 306 g/mol. The summed E-state index contributed by atoms with van der Waals surface area (Å²) in [6.45, 7) is 6.58. The molecule has 108 valence electrons. The van der Waals surface area contributed by atoms with E-state index in [1.807, 2.05) is 6.92 Å². The average Bonchev–Trinajstić information content (AvgIpc) is 2.84. The van der Waals surface area contributed by atoms with Gasteiger partial charge in [0.1, 0.15) is 5.67 Å². The Morgan fingerprint density at radius 1 is 1.37 bits per heavy atom. The minimum absolute atomic E-state index is 0.416. The van der Waals surface area contributed by atoms with Gasteiger partial charge in [0.2, 0.25) is 0 Å². The van der Waals surface area contributed by atoms with E-state index >= 15 is 0 Å². The molecule has 0 aromatic heterocycles. The first-order chi connectivity index (χ1) is 9.02. The van der Waals surface area contributed by atoms with Gasteiger partial charge in [0, 0.05) is 16.6 Å². The van der Waals surface area contributed by atoms with Crippen molar-refractivity contribution in [1.29, 1.82) is 0 Å². The van der Waals surface area contributed by atoms with E-state index in [-0.39, 0.29) is 0 Å². The van der Waals surface area contributed by atoms with Gasteiger partial charge in [-0.05, 0) is 38.3 Å². The standard InChI is InChI=1S/C15H22Cl2FN/c1-3-13(16)12(14(17)4-2)7-10-19-11-15(18)8-5-6-9-15/h3-4,19H,1,5-11H2,2H3/b13-12+,14-4+. The lowest BCUT2D eigenvalue weighted by atomic mass is 10.0. The van der Waals surface area contributed by atoms with Gasteiger partial charge in [-0.15, -0.1) is 0 Å². The summed E-state index contributed by atoms with van der Waals surface area (Å²) in [6.07, 6.45) is 7.39. The molecule has 1 fully saturated rings. The van der Waals surface area contributed by atoms with Crippen LogP contribution in [-0.4, -0.2) is 18.8 Å². The molecule has 0 spiro atoms. The molecule has 1 saturated carbocycles. The van der Waals surface area contributed by atoms with Gasteiger partial charge in [0.15, 0.2) is 0 Å². The number of allylic oxidation sites excluding steroid dienone is 4. The zero-order valence-corrected chi connectivity index (χ0v) is 13.0. The van der Waals surface area contributed by atoms with Crippen LogP contribution in [0.25, 0.3) is 0 Å². The molecule has 0 aliphatic heterocycles. The second-order valence-electron chi connectivity index (χ2n) is 4.95. The zero-order chi connectivity index (χ0) is 14.3. The van der Waals surface area contributed by atoms with Crippen molar-refractivity contribution in [3.63, 3.8) is 0 Å². The van der Waals surface area contributed by atoms with Crippen LogP contribution in [0.2, 0.25) is 0 Å². The summed E-state index contributed by atoms with van der Waals surface area (Å²) in [5, 5.41) is 4.35. The van der Waals surface area contributed by atoms with Gasteiger partial charge in [-0.2, -0.15) is 0 Å². The molecule has 1 nitrogen and oxygen atoms in total. The number of hydrogen-bond acceptors (Lipinski definition) is 1. The third-order valence-corrected chi connectivity index (χ3v) is 4.33. The van der Waals surface area contributed by atoms with Crippen molar-refractivity contribution in [2.45, 2.75) is 44.7 Å². The van der Waals surface area contributed by atoms with Crippen LogP contribution in [0.4, 0.5) is 4.39 Å². The van der Waals surface area contributed by atoms with Gasteiger partial charge >= 0.3 is 0 Å². The Morgan fingerprint density at radius 2 is 2.00 bits per heavy atom. The number of rotatable bonds is 7. The molecular weight excluding hydrogens is 284 g/mol. The summed E-state index contributed by atoms with van der Waals surface area (Å²) in [5.74, 6) is 0. The van der Waals surface area contributed by atoms with Crippen LogP contribution in [0.5, 0.6) is 0 Å². The van der Waals surface area contributed by atoms with Crippen LogP contribution in [0.3, 0.4) is 0 Å². The molecule has 0 heterocycles. The zero-order valence-electron chi connectivity index (χ0n) is 11.4. The van der Waals surface area contributed by atoms with Crippen molar-refractivity contribution in [2.24, 2.45) is 0 Å². The first-order valence-corrected chi connectivity index (χ1v) is 7.51. The third kappa shape index (κ3) is 5.29. The second kappa shape index (κ2) is 8.08. The number of alkyl halides is 1. The molecule has 19 heavy (non-hydrogen) atoms. The Balaban J connectivity index is 2.43. The van der Waals surface area contributed by atoms with Gasteiger partial charge in [-0.3, -0.25) is 0 Å². The Hall–Kier alpha value is -0.310. The Morgan fingerprint density at radius 3 is 2.53 bits per heavy atom. The molecule has 1 rings (SSSR count). The van der Waals surface area contributed by atoms with Crippen LogP contribution >= 0.6 is 23.2 Å². The Bertz CT molecular complexity index is 368. The minimum Gasteiger partial charge on any atom is -0.313 e. The van der Waals surface area contributed by atoms with Crippen LogP contribution in [0.15, 0.2) is 34.4 Å². The first kappa shape index (κ1) is 16.7. The molecular formula is C15H22Cl2FN. The van der Waals surface area contributed by atoms with Gasteiger partial charge in [-0.25, -0.2) is 4.39 Å². The highest BCUT2D eigenvalue weighted by molar-refractivity contribution is 6.36. The van der Waals surface area contributed by atoms with E-state index < -0.39 is 5.67 Å². The summed E-state index contributed by atoms with van der Waals surface area (Å²) in [4.78, 5) is 0. The maximum Gasteiger partial charge on any atom is 0.123 e. The van der Waals surface area contributed by atoms with E-state index in [4.69, 9.17) is 23.2 Å². The third-order valence-electron chi connectivity index (χ3n) is 3.50. The van der Waals surface area contributed by atoms with Gasteiger partial charge in [0.25, 0.3) is 0 Å². The van der Waals surface area contributed by atoms with Crippen molar-refractivity contribution in [1.82, 2.24) is 5.32 Å². The Labute approximate surface area is 125 Å². The van der Waals surface area contributed by atoms with Crippen molar-refractivity contribution in [3.8, 4) is 0 Å². The number of halogens is 3. The quantitative estimate of drug-likeness (QED) is 0.511. The molecule has 0 aromatic carbocycles. The van der Waals surface area contributed by atoms with E-state index in [1.54, 1.807) is 12.2 Å². The highest BCUT2D eigenvalue weighted by atomic mass is 35.5. The van der Waals surface area contributed by atoms with Crippen molar-refractivity contribution < 1.29 is 4.39 Å². The molecule has 0 amide bonds. The van der Waals surface area contributed by atoms with Crippen LogP contribution < -0.4 is 5.32 Å². The highest BCUT2D eigenvalue weighted by Gasteiger charge is 2.32.